The van der Waals surface area contributed by atoms with Crippen molar-refractivity contribution < 1.29 is 19.0 Å². The lowest BCUT2D eigenvalue weighted by atomic mass is 9.95. The minimum Gasteiger partial charge on any atom is -0.508 e. The minimum absolute atomic E-state index is 0.0502. The van der Waals surface area contributed by atoms with Crippen molar-refractivity contribution >= 4 is 34.4 Å². The fourth-order valence-electron chi connectivity index (χ4n) is 7.98. The van der Waals surface area contributed by atoms with Gasteiger partial charge in [-0.1, -0.05) is 18.2 Å². The third-order valence-electron chi connectivity index (χ3n) is 10.1. The number of aromatic nitrogens is 3. The number of amides is 1. The molecule has 224 valence electrons. The van der Waals surface area contributed by atoms with Crippen molar-refractivity contribution in [2.24, 2.45) is 0 Å². The van der Waals surface area contributed by atoms with Crippen molar-refractivity contribution in [2.75, 3.05) is 37.7 Å². The van der Waals surface area contributed by atoms with Crippen LogP contribution in [0.4, 0.5) is 10.2 Å². The molecule has 1 saturated carbocycles. The molecule has 4 atom stereocenters. The highest BCUT2D eigenvalue weighted by molar-refractivity contribution is 6.32. The number of hydrogen-bond acceptors (Lipinski definition) is 8. The van der Waals surface area contributed by atoms with E-state index in [1.807, 2.05) is 11.0 Å². The Labute approximate surface area is 254 Å². The number of alkyl halides is 1. The Morgan fingerprint density at radius 2 is 2.07 bits per heavy atom. The average molecular weight is 605 g/mol. The zero-order chi connectivity index (χ0) is 29.5. The van der Waals surface area contributed by atoms with Gasteiger partial charge in [0.05, 0.1) is 23.1 Å². The van der Waals surface area contributed by atoms with Crippen LogP contribution in [0.15, 0.2) is 37.1 Å². The SMILES string of the molecule is C=CC(=O)N1C[C@H]2C[C@@H]1CN2c1nc(OC[C@@]23CCCN2C[C@H](F)C3)nc2cc(-c3cc(O)cc(Cl)c3C3CC3)cnc12. The average Bonchev–Trinajstić information content (AvgIpc) is 3.29. The number of benzene rings is 1. The monoisotopic (exact) mass is 604 g/mol. The lowest BCUT2D eigenvalue weighted by Crippen LogP contribution is -2.48. The first-order valence-electron chi connectivity index (χ1n) is 15.2. The molecule has 0 radical (unpaired) electrons. The molecule has 5 aliphatic rings. The minimum atomic E-state index is -0.847. The molecule has 9 nitrogen and oxygen atoms in total. The van der Waals surface area contributed by atoms with Crippen molar-refractivity contribution in [1.29, 1.82) is 0 Å². The van der Waals surface area contributed by atoms with E-state index in [1.54, 1.807) is 18.3 Å². The molecule has 6 heterocycles. The van der Waals surface area contributed by atoms with Crippen molar-refractivity contribution in [3.63, 3.8) is 0 Å². The largest absolute Gasteiger partial charge is 0.508 e. The molecule has 43 heavy (non-hydrogen) atoms. The lowest BCUT2D eigenvalue weighted by molar-refractivity contribution is -0.127. The van der Waals surface area contributed by atoms with Gasteiger partial charge in [0.1, 0.15) is 24.0 Å². The molecule has 5 fully saturated rings. The molecule has 2 aromatic heterocycles. The number of ether oxygens (including phenoxy) is 1. The molecule has 1 aliphatic carbocycles. The smallest absolute Gasteiger partial charge is 0.319 e. The Morgan fingerprint density at radius 1 is 1.21 bits per heavy atom. The molecule has 1 N–H and O–H groups in total. The summed E-state index contributed by atoms with van der Waals surface area (Å²) >= 11 is 6.61. The van der Waals surface area contributed by atoms with Crippen LogP contribution in [0.5, 0.6) is 11.8 Å². The van der Waals surface area contributed by atoms with Gasteiger partial charge in [0.2, 0.25) is 5.91 Å². The predicted molar refractivity (Wildman–Crippen MR) is 161 cm³/mol. The summed E-state index contributed by atoms with van der Waals surface area (Å²) in [6.07, 6.45) is 7.68. The quantitative estimate of drug-likeness (QED) is 0.382. The van der Waals surface area contributed by atoms with Crippen LogP contribution in [0.1, 0.15) is 50.0 Å². The maximum atomic E-state index is 14.4. The maximum absolute atomic E-state index is 14.4. The second-order valence-electron chi connectivity index (χ2n) is 12.8. The van der Waals surface area contributed by atoms with Crippen LogP contribution in [-0.4, -0.2) is 92.3 Å². The number of anilines is 1. The predicted octanol–water partition coefficient (Wildman–Crippen LogP) is 4.86. The molecular formula is C32H34ClFN6O3. The van der Waals surface area contributed by atoms with Crippen LogP contribution in [0.3, 0.4) is 0 Å². The first-order chi connectivity index (χ1) is 20.8. The maximum Gasteiger partial charge on any atom is 0.319 e. The first-order valence-corrected chi connectivity index (χ1v) is 15.6. The summed E-state index contributed by atoms with van der Waals surface area (Å²) in [5.74, 6) is 1.09. The second kappa shape index (κ2) is 10.0. The normalized spacial score (nSPS) is 28.2. The van der Waals surface area contributed by atoms with Crippen molar-refractivity contribution in [2.45, 2.75) is 68.2 Å². The molecule has 1 aromatic carbocycles. The van der Waals surface area contributed by atoms with Crippen LogP contribution in [0.25, 0.3) is 22.2 Å². The molecule has 2 bridgehead atoms. The van der Waals surface area contributed by atoms with E-state index in [4.69, 9.17) is 31.3 Å². The van der Waals surface area contributed by atoms with Gasteiger partial charge in [0.15, 0.2) is 5.82 Å². The molecule has 3 aromatic rings. The highest BCUT2D eigenvalue weighted by Gasteiger charge is 2.50. The number of phenolic OH excluding ortho intramolecular Hbond substituents is 1. The molecule has 4 aliphatic heterocycles. The third-order valence-corrected chi connectivity index (χ3v) is 10.4. The van der Waals surface area contributed by atoms with Gasteiger partial charge in [-0.15, -0.1) is 0 Å². The molecular weight excluding hydrogens is 571 g/mol. The van der Waals surface area contributed by atoms with Crippen LogP contribution >= 0.6 is 11.6 Å². The van der Waals surface area contributed by atoms with Gasteiger partial charge in [0.25, 0.3) is 0 Å². The number of nitrogens with zero attached hydrogens (tertiary/aromatic N) is 6. The molecule has 0 spiro atoms. The van der Waals surface area contributed by atoms with Gasteiger partial charge < -0.3 is 19.6 Å². The highest BCUT2D eigenvalue weighted by Crippen LogP contribution is 2.49. The number of aromatic hydroxyl groups is 1. The Hall–Kier alpha value is -3.50. The van der Waals surface area contributed by atoms with Gasteiger partial charge in [-0.25, -0.2) is 4.39 Å². The topological polar surface area (TPSA) is 94.9 Å². The Kier molecular flexibility index (Phi) is 6.31. The number of carbonyl (C=O) groups excluding carboxylic acids is 1. The zero-order valence-electron chi connectivity index (χ0n) is 23.9. The van der Waals surface area contributed by atoms with Gasteiger partial charge in [0, 0.05) is 42.8 Å². The van der Waals surface area contributed by atoms with E-state index in [9.17, 15) is 14.3 Å². The van der Waals surface area contributed by atoms with E-state index < -0.39 is 6.17 Å². The van der Waals surface area contributed by atoms with E-state index in [-0.39, 0.29) is 35.3 Å². The van der Waals surface area contributed by atoms with Crippen LogP contribution < -0.4 is 9.64 Å². The highest BCUT2D eigenvalue weighted by atomic mass is 35.5. The third kappa shape index (κ3) is 4.52. The van der Waals surface area contributed by atoms with E-state index >= 15 is 0 Å². The van der Waals surface area contributed by atoms with Crippen molar-refractivity contribution in [3.8, 4) is 22.9 Å². The molecule has 1 amide bonds. The summed E-state index contributed by atoms with van der Waals surface area (Å²) in [5.41, 5.74) is 3.63. The van der Waals surface area contributed by atoms with Crippen LogP contribution in [0, 0.1) is 0 Å². The first kappa shape index (κ1) is 27.1. The van der Waals surface area contributed by atoms with E-state index in [0.717, 1.165) is 55.3 Å². The van der Waals surface area contributed by atoms with Crippen LogP contribution in [0.2, 0.25) is 5.02 Å². The second-order valence-corrected chi connectivity index (χ2v) is 13.2. The molecule has 8 rings (SSSR count). The van der Waals surface area contributed by atoms with Gasteiger partial charge in [-0.3, -0.25) is 14.7 Å². The summed E-state index contributed by atoms with van der Waals surface area (Å²) < 4.78 is 20.8. The zero-order valence-corrected chi connectivity index (χ0v) is 24.6. The Morgan fingerprint density at radius 3 is 2.84 bits per heavy atom. The number of likely N-dealkylation sites (tertiary alicyclic amines) is 1. The summed E-state index contributed by atoms with van der Waals surface area (Å²) in [4.78, 5) is 33.3. The summed E-state index contributed by atoms with van der Waals surface area (Å²) in [7, 11) is 0. The Balaban J connectivity index is 1.19. The summed E-state index contributed by atoms with van der Waals surface area (Å²) in [5, 5.41) is 11.0. The van der Waals surface area contributed by atoms with E-state index in [0.29, 0.717) is 60.5 Å². The van der Waals surface area contributed by atoms with Crippen LogP contribution in [-0.2, 0) is 4.79 Å². The summed E-state index contributed by atoms with van der Waals surface area (Å²) in [6, 6.07) is 5.71. The fraction of sp³-hybridized carbons (Fsp3) is 0.500. The van der Waals surface area contributed by atoms with Gasteiger partial charge >= 0.3 is 6.01 Å². The molecule has 11 heteroatoms. The van der Waals surface area contributed by atoms with E-state index in [1.165, 1.54) is 6.08 Å². The number of fused-ring (bicyclic) bond motifs is 4. The number of pyridine rings is 1. The van der Waals surface area contributed by atoms with E-state index in [2.05, 4.69) is 16.4 Å². The van der Waals surface area contributed by atoms with Gasteiger partial charge in [-0.2, -0.15) is 9.97 Å². The van der Waals surface area contributed by atoms with Crippen molar-refractivity contribution in [1.82, 2.24) is 24.8 Å². The number of halogens is 2. The lowest BCUT2D eigenvalue weighted by Gasteiger charge is -2.35. The number of carbonyl (C=O) groups is 1. The number of rotatable bonds is 7. The number of piperazine rings is 1. The standard InChI is InChI=1S/C32H34ClFN6O3/c1-2-27(42)39-15-22-9-21(39)16-40(22)30-29-26(36-31(37-30)43-17-32-6-3-7-38(32)14-20(34)12-32)8-19(13-35-29)24-10-23(41)11-25(33)28(24)18-4-5-18/h2,8,10-11,13,18,20-22,41H,1,3-7,9,12,14-17H2/t20-,21-,22-,32+/m1/s1. The Bertz CT molecular complexity index is 1650. The summed E-state index contributed by atoms with van der Waals surface area (Å²) in [6.45, 7) is 6.55. The molecule has 0 unspecified atom stereocenters. The molecule has 4 saturated heterocycles. The number of hydrogen-bond donors (Lipinski definition) is 1. The number of phenols is 1. The van der Waals surface area contributed by atoms with Crippen molar-refractivity contribution in [3.05, 3.63) is 47.6 Å². The fourth-order valence-corrected chi connectivity index (χ4v) is 8.35. The van der Waals surface area contributed by atoms with Gasteiger partial charge in [-0.05, 0) is 80.0 Å².